The summed E-state index contributed by atoms with van der Waals surface area (Å²) in [6.45, 7) is 5.46. The van der Waals surface area contributed by atoms with Gasteiger partial charge in [-0.15, -0.1) is 12.6 Å². The van der Waals surface area contributed by atoms with E-state index in [0.717, 1.165) is 4.91 Å². The molecule has 0 heterocycles. The van der Waals surface area contributed by atoms with Crippen molar-refractivity contribution in [2.24, 2.45) is 0 Å². The fourth-order valence-electron chi connectivity index (χ4n) is 0.263. The fourth-order valence-corrected chi connectivity index (χ4v) is 0.349. The molecule has 0 aromatic rings. The number of hydrogen-bond donors (Lipinski definition) is 1. The van der Waals surface area contributed by atoms with E-state index in [1.807, 2.05) is 25.2 Å². The van der Waals surface area contributed by atoms with Crippen molar-refractivity contribution in [3.05, 3.63) is 35.8 Å². The molecule has 0 aromatic heterocycles. The molecule has 1 heteroatoms. The topological polar surface area (TPSA) is 0 Å². The van der Waals surface area contributed by atoms with Gasteiger partial charge in [-0.1, -0.05) is 24.8 Å². The summed E-state index contributed by atoms with van der Waals surface area (Å²) in [5.74, 6) is 0. The molecule has 0 rings (SSSR count). The lowest BCUT2D eigenvalue weighted by atomic mass is 10.4. The van der Waals surface area contributed by atoms with Gasteiger partial charge in [-0.2, -0.15) is 0 Å². The molecule has 0 atom stereocenters. The highest BCUT2D eigenvalue weighted by Crippen LogP contribution is 1.99. The van der Waals surface area contributed by atoms with Crippen molar-refractivity contribution >= 4 is 12.6 Å². The summed E-state index contributed by atoms with van der Waals surface area (Å²) in [6, 6.07) is 0. The van der Waals surface area contributed by atoms with Gasteiger partial charge in [-0.25, -0.2) is 0 Å². The Labute approximate surface area is 56.0 Å². The Morgan fingerprint density at radius 3 is 2.62 bits per heavy atom. The maximum atomic E-state index is 4.09. The molecular weight excluding hydrogens is 116 g/mol. The van der Waals surface area contributed by atoms with Crippen LogP contribution in [0.5, 0.6) is 0 Å². The van der Waals surface area contributed by atoms with E-state index >= 15 is 0 Å². The summed E-state index contributed by atoms with van der Waals surface area (Å²) in [5, 5.41) is 0. The van der Waals surface area contributed by atoms with E-state index in [9.17, 15) is 0 Å². The first kappa shape index (κ1) is 7.57. The van der Waals surface area contributed by atoms with Gasteiger partial charge in [0.2, 0.25) is 0 Å². The van der Waals surface area contributed by atoms with Crippen LogP contribution < -0.4 is 0 Å². The normalized spacial score (nSPS) is 12.5. The molecule has 0 aromatic carbocycles. The highest BCUT2D eigenvalue weighted by atomic mass is 32.1. The summed E-state index contributed by atoms with van der Waals surface area (Å²) in [6.07, 6.45) is 7.38. The van der Waals surface area contributed by atoms with E-state index < -0.39 is 0 Å². The van der Waals surface area contributed by atoms with E-state index in [1.54, 1.807) is 6.08 Å². The van der Waals surface area contributed by atoms with E-state index in [1.165, 1.54) is 0 Å². The largest absolute Gasteiger partial charge is 0.144 e. The molecule has 8 heavy (non-hydrogen) atoms. The summed E-state index contributed by atoms with van der Waals surface area (Å²) in [5.41, 5.74) is 0. The molecule has 0 aliphatic heterocycles. The molecule has 44 valence electrons. The van der Waals surface area contributed by atoms with Crippen LogP contribution in [-0.2, 0) is 0 Å². The molecule has 0 nitrogen and oxygen atoms in total. The second-order valence-electron chi connectivity index (χ2n) is 1.31. The summed E-state index contributed by atoms with van der Waals surface area (Å²) in [4.78, 5) is 0.963. The first-order valence-electron chi connectivity index (χ1n) is 2.45. The minimum Gasteiger partial charge on any atom is -0.144 e. The van der Waals surface area contributed by atoms with Crippen LogP contribution in [-0.4, -0.2) is 0 Å². The average Bonchev–Trinajstić information content (AvgIpc) is 1.83. The Hall–Kier alpha value is -0.430. The maximum absolute atomic E-state index is 4.09. The highest BCUT2D eigenvalue weighted by Gasteiger charge is 1.72. The lowest BCUT2D eigenvalue weighted by Crippen LogP contribution is -1.56. The third-order valence-corrected chi connectivity index (χ3v) is 1.11. The van der Waals surface area contributed by atoms with Crippen LogP contribution in [0.25, 0.3) is 0 Å². The zero-order valence-electron chi connectivity index (χ0n) is 4.96. The van der Waals surface area contributed by atoms with Crippen LogP contribution in [0.15, 0.2) is 35.8 Å². The molecule has 0 unspecified atom stereocenters. The van der Waals surface area contributed by atoms with Crippen LogP contribution >= 0.6 is 12.6 Å². The van der Waals surface area contributed by atoms with Gasteiger partial charge in [0.05, 0.1) is 0 Å². The van der Waals surface area contributed by atoms with E-state index in [-0.39, 0.29) is 0 Å². The van der Waals surface area contributed by atoms with Gasteiger partial charge in [-0.3, -0.25) is 0 Å². The van der Waals surface area contributed by atoms with Crippen molar-refractivity contribution in [2.45, 2.75) is 6.92 Å². The second-order valence-corrected chi connectivity index (χ2v) is 1.82. The van der Waals surface area contributed by atoms with Crippen molar-refractivity contribution in [2.75, 3.05) is 0 Å². The standard InChI is InChI=1S/C7H10S/c1-3-5-6-7(8)4-2/h3-6,8H,1H2,2H3/b6-5-,7-4+. The maximum Gasteiger partial charge on any atom is -0.000279 e. The quantitative estimate of drug-likeness (QED) is 0.426. The third kappa shape index (κ3) is 3.75. The average molecular weight is 126 g/mol. The predicted octanol–water partition coefficient (Wildman–Crippen LogP) is 2.56. The van der Waals surface area contributed by atoms with Gasteiger partial charge in [0.25, 0.3) is 0 Å². The Morgan fingerprint density at radius 2 is 2.25 bits per heavy atom. The van der Waals surface area contributed by atoms with Crippen LogP contribution in [0.3, 0.4) is 0 Å². The van der Waals surface area contributed by atoms with Crippen molar-refractivity contribution in [1.29, 1.82) is 0 Å². The Bertz CT molecular complexity index is 120. The Morgan fingerprint density at radius 1 is 1.62 bits per heavy atom. The van der Waals surface area contributed by atoms with Crippen LogP contribution in [0.2, 0.25) is 0 Å². The van der Waals surface area contributed by atoms with E-state index in [4.69, 9.17) is 0 Å². The molecule has 0 fully saturated rings. The second kappa shape index (κ2) is 4.72. The van der Waals surface area contributed by atoms with Gasteiger partial charge in [0, 0.05) is 0 Å². The minimum absolute atomic E-state index is 0.963. The molecule has 0 amide bonds. The Balaban J connectivity index is 3.69. The lowest BCUT2D eigenvalue weighted by Gasteiger charge is -1.81. The highest BCUT2D eigenvalue weighted by molar-refractivity contribution is 7.84. The summed E-state index contributed by atoms with van der Waals surface area (Å²) in [7, 11) is 0. The third-order valence-electron chi connectivity index (χ3n) is 0.699. The van der Waals surface area contributed by atoms with Gasteiger partial charge in [0.15, 0.2) is 0 Å². The summed E-state index contributed by atoms with van der Waals surface area (Å²) < 4.78 is 0. The zero-order chi connectivity index (χ0) is 6.41. The SMILES string of the molecule is C=C/C=C\C(S)=C/C. The molecule has 0 N–H and O–H groups in total. The van der Waals surface area contributed by atoms with Crippen LogP contribution in [0.1, 0.15) is 6.92 Å². The molecule has 0 saturated heterocycles. The van der Waals surface area contributed by atoms with Gasteiger partial charge >= 0.3 is 0 Å². The molecular formula is C7H10S. The van der Waals surface area contributed by atoms with E-state index in [0.29, 0.717) is 0 Å². The predicted molar refractivity (Wildman–Crippen MR) is 42.1 cm³/mol. The van der Waals surface area contributed by atoms with Crippen molar-refractivity contribution < 1.29 is 0 Å². The Kier molecular flexibility index (Phi) is 4.47. The smallest absolute Gasteiger partial charge is 0.000279 e. The fraction of sp³-hybridized carbons (Fsp3) is 0.143. The van der Waals surface area contributed by atoms with Gasteiger partial charge < -0.3 is 0 Å². The number of hydrogen-bond acceptors (Lipinski definition) is 1. The van der Waals surface area contributed by atoms with Gasteiger partial charge in [-0.05, 0) is 17.9 Å². The van der Waals surface area contributed by atoms with Crippen molar-refractivity contribution in [3.8, 4) is 0 Å². The minimum atomic E-state index is 0.963. The van der Waals surface area contributed by atoms with E-state index in [2.05, 4.69) is 19.2 Å². The van der Waals surface area contributed by atoms with Crippen molar-refractivity contribution in [1.82, 2.24) is 0 Å². The molecule has 0 spiro atoms. The lowest BCUT2D eigenvalue weighted by molar-refractivity contribution is 1.71. The number of thiol groups is 1. The molecule has 0 saturated carbocycles. The monoisotopic (exact) mass is 126 g/mol. The molecule has 0 aliphatic carbocycles. The number of allylic oxidation sites excluding steroid dienone is 4. The first-order chi connectivity index (χ1) is 3.81. The molecule has 0 radical (unpaired) electrons. The van der Waals surface area contributed by atoms with Gasteiger partial charge in [0.1, 0.15) is 0 Å². The van der Waals surface area contributed by atoms with Crippen LogP contribution in [0, 0.1) is 0 Å². The first-order valence-corrected chi connectivity index (χ1v) is 2.90. The van der Waals surface area contributed by atoms with Crippen molar-refractivity contribution in [3.63, 3.8) is 0 Å². The number of rotatable bonds is 2. The zero-order valence-corrected chi connectivity index (χ0v) is 5.86. The summed E-state index contributed by atoms with van der Waals surface area (Å²) >= 11 is 4.09. The molecule has 0 aliphatic rings. The molecule has 0 bridgehead atoms. The van der Waals surface area contributed by atoms with Crippen LogP contribution in [0.4, 0.5) is 0 Å².